The van der Waals surface area contributed by atoms with E-state index < -0.39 is 0 Å². The molecule has 0 fully saturated rings. The van der Waals surface area contributed by atoms with Gasteiger partial charge in [-0.3, -0.25) is 0 Å². The molecule has 2 nitrogen and oxygen atoms in total. The summed E-state index contributed by atoms with van der Waals surface area (Å²) < 4.78 is 10.9. The molecule has 0 spiro atoms. The van der Waals surface area contributed by atoms with Crippen LogP contribution in [0.15, 0.2) is 18.2 Å². The van der Waals surface area contributed by atoms with Crippen molar-refractivity contribution in [1.82, 2.24) is 0 Å². The quantitative estimate of drug-likeness (QED) is 0.618. The Balaban J connectivity index is 2.73. The van der Waals surface area contributed by atoms with Crippen molar-refractivity contribution in [3.05, 3.63) is 23.8 Å². The van der Waals surface area contributed by atoms with Crippen molar-refractivity contribution in [3.8, 4) is 11.5 Å². The topological polar surface area (TPSA) is 18.5 Å². The lowest BCUT2D eigenvalue weighted by molar-refractivity contribution is 0.377. The Kier molecular flexibility index (Phi) is 6.63. The van der Waals surface area contributed by atoms with Crippen molar-refractivity contribution in [2.24, 2.45) is 0 Å². The molecule has 1 atom stereocenters. The van der Waals surface area contributed by atoms with Crippen molar-refractivity contribution in [2.75, 3.05) is 14.2 Å². The van der Waals surface area contributed by atoms with E-state index >= 15 is 0 Å². The van der Waals surface area contributed by atoms with Crippen LogP contribution in [0.3, 0.4) is 0 Å². The zero-order valence-corrected chi connectivity index (χ0v) is 12.2. The monoisotopic (exact) mass is 250 g/mol. The van der Waals surface area contributed by atoms with E-state index in [9.17, 15) is 0 Å². The van der Waals surface area contributed by atoms with Crippen LogP contribution in [0.4, 0.5) is 0 Å². The number of hydrogen-bond donors (Lipinski definition) is 0. The molecule has 0 saturated carbocycles. The third-order valence-corrected chi connectivity index (χ3v) is 3.45. The molecule has 0 amide bonds. The van der Waals surface area contributed by atoms with Crippen LogP contribution in [0.2, 0.25) is 0 Å². The number of ether oxygens (including phenoxy) is 2. The minimum Gasteiger partial charge on any atom is -0.496 e. The summed E-state index contributed by atoms with van der Waals surface area (Å²) >= 11 is 0. The van der Waals surface area contributed by atoms with Crippen molar-refractivity contribution in [3.63, 3.8) is 0 Å². The van der Waals surface area contributed by atoms with Crippen LogP contribution in [-0.2, 0) is 0 Å². The Labute approximate surface area is 111 Å². The molecule has 1 aromatic carbocycles. The van der Waals surface area contributed by atoms with Gasteiger partial charge in [-0.15, -0.1) is 0 Å². The Morgan fingerprint density at radius 3 is 2.11 bits per heavy atom. The summed E-state index contributed by atoms with van der Waals surface area (Å²) in [4.78, 5) is 0. The SMILES string of the molecule is CCCCCCC(C)c1c(OC)cccc1OC. The van der Waals surface area contributed by atoms with E-state index in [-0.39, 0.29) is 0 Å². The maximum Gasteiger partial charge on any atom is 0.126 e. The summed E-state index contributed by atoms with van der Waals surface area (Å²) in [5.41, 5.74) is 1.21. The molecular formula is C16H26O2. The summed E-state index contributed by atoms with van der Waals surface area (Å²) in [6.45, 7) is 4.50. The average molecular weight is 250 g/mol. The van der Waals surface area contributed by atoms with Gasteiger partial charge in [0.15, 0.2) is 0 Å². The minimum absolute atomic E-state index is 0.480. The number of rotatable bonds is 8. The van der Waals surface area contributed by atoms with Crippen LogP contribution in [0.5, 0.6) is 11.5 Å². The van der Waals surface area contributed by atoms with E-state index in [4.69, 9.17) is 9.47 Å². The van der Waals surface area contributed by atoms with E-state index in [1.807, 2.05) is 18.2 Å². The highest BCUT2D eigenvalue weighted by molar-refractivity contribution is 5.46. The number of methoxy groups -OCH3 is 2. The molecule has 0 aliphatic carbocycles. The van der Waals surface area contributed by atoms with Gasteiger partial charge in [0.05, 0.1) is 14.2 Å². The van der Waals surface area contributed by atoms with Gasteiger partial charge in [-0.2, -0.15) is 0 Å². The van der Waals surface area contributed by atoms with Crippen LogP contribution in [-0.4, -0.2) is 14.2 Å². The van der Waals surface area contributed by atoms with Gasteiger partial charge in [0.25, 0.3) is 0 Å². The second kappa shape index (κ2) is 8.02. The number of unbranched alkanes of at least 4 members (excludes halogenated alkanes) is 3. The Morgan fingerprint density at radius 1 is 1.00 bits per heavy atom. The lowest BCUT2D eigenvalue weighted by Gasteiger charge is -2.18. The van der Waals surface area contributed by atoms with E-state index in [0.29, 0.717) is 5.92 Å². The highest BCUT2D eigenvalue weighted by atomic mass is 16.5. The van der Waals surface area contributed by atoms with E-state index in [1.165, 1.54) is 37.7 Å². The average Bonchev–Trinajstić information content (AvgIpc) is 2.42. The number of hydrogen-bond acceptors (Lipinski definition) is 2. The molecule has 0 bridgehead atoms. The second-order valence-electron chi connectivity index (χ2n) is 4.83. The summed E-state index contributed by atoms with van der Waals surface area (Å²) in [5, 5.41) is 0. The van der Waals surface area contributed by atoms with Gasteiger partial charge >= 0.3 is 0 Å². The first-order valence-corrected chi connectivity index (χ1v) is 6.95. The van der Waals surface area contributed by atoms with E-state index in [1.54, 1.807) is 14.2 Å². The van der Waals surface area contributed by atoms with Gasteiger partial charge in [-0.1, -0.05) is 45.6 Å². The maximum atomic E-state index is 5.46. The molecule has 0 aromatic heterocycles. The molecule has 0 N–H and O–H groups in total. The molecular weight excluding hydrogens is 224 g/mol. The lowest BCUT2D eigenvalue weighted by Crippen LogP contribution is -2.01. The Hall–Kier alpha value is -1.18. The normalized spacial score (nSPS) is 12.2. The maximum absolute atomic E-state index is 5.46. The Morgan fingerprint density at radius 2 is 1.61 bits per heavy atom. The fraction of sp³-hybridized carbons (Fsp3) is 0.625. The first kappa shape index (κ1) is 14.9. The van der Waals surface area contributed by atoms with Crippen molar-refractivity contribution >= 4 is 0 Å². The van der Waals surface area contributed by atoms with Crippen molar-refractivity contribution < 1.29 is 9.47 Å². The first-order chi connectivity index (χ1) is 8.74. The standard InChI is InChI=1S/C16H26O2/c1-5-6-7-8-10-13(2)16-14(17-3)11-9-12-15(16)18-4/h9,11-13H,5-8,10H2,1-4H3. The molecule has 1 rings (SSSR count). The van der Waals surface area contributed by atoms with Crippen LogP contribution in [0.25, 0.3) is 0 Å². The predicted octanol–water partition coefficient (Wildman–Crippen LogP) is 4.78. The highest BCUT2D eigenvalue weighted by Gasteiger charge is 2.16. The molecule has 0 aliphatic heterocycles. The largest absolute Gasteiger partial charge is 0.496 e. The van der Waals surface area contributed by atoms with Crippen molar-refractivity contribution in [1.29, 1.82) is 0 Å². The fourth-order valence-electron chi connectivity index (χ4n) is 2.39. The second-order valence-corrected chi connectivity index (χ2v) is 4.83. The Bertz CT molecular complexity index is 325. The van der Waals surface area contributed by atoms with Gasteiger partial charge < -0.3 is 9.47 Å². The molecule has 18 heavy (non-hydrogen) atoms. The minimum atomic E-state index is 0.480. The highest BCUT2D eigenvalue weighted by Crippen LogP contribution is 2.37. The zero-order valence-electron chi connectivity index (χ0n) is 12.2. The molecule has 102 valence electrons. The van der Waals surface area contributed by atoms with Crippen molar-refractivity contribution in [2.45, 2.75) is 51.9 Å². The molecule has 1 aromatic rings. The zero-order chi connectivity index (χ0) is 13.4. The molecule has 0 heterocycles. The third kappa shape index (κ3) is 3.94. The first-order valence-electron chi connectivity index (χ1n) is 6.95. The van der Waals surface area contributed by atoms with E-state index in [0.717, 1.165) is 11.5 Å². The van der Waals surface area contributed by atoms with Gasteiger partial charge in [0.1, 0.15) is 11.5 Å². The van der Waals surface area contributed by atoms with Gasteiger partial charge in [0, 0.05) is 5.56 Å². The van der Waals surface area contributed by atoms with E-state index in [2.05, 4.69) is 13.8 Å². The van der Waals surface area contributed by atoms with Gasteiger partial charge in [0.2, 0.25) is 0 Å². The summed E-state index contributed by atoms with van der Waals surface area (Å²) in [5.74, 6) is 2.36. The van der Waals surface area contributed by atoms with Gasteiger partial charge in [-0.05, 0) is 24.5 Å². The fourth-order valence-corrected chi connectivity index (χ4v) is 2.39. The van der Waals surface area contributed by atoms with Crippen LogP contribution in [0, 0.1) is 0 Å². The molecule has 0 saturated heterocycles. The summed E-state index contributed by atoms with van der Waals surface area (Å²) in [6.07, 6.45) is 6.40. The lowest BCUT2D eigenvalue weighted by atomic mass is 9.93. The number of benzene rings is 1. The summed E-state index contributed by atoms with van der Waals surface area (Å²) in [7, 11) is 3.45. The molecule has 2 heteroatoms. The summed E-state index contributed by atoms with van der Waals surface area (Å²) in [6, 6.07) is 6.01. The predicted molar refractivity (Wildman–Crippen MR) is 76.7 cm³/mol. The third-order valence-electron chi connectivity index (χ3n) is 3.45. The van der Waals surface area contributed by atoms with Gasteiger partial charge in [-0.25, -0.2) is 0 Å². The molecule has 1 unspecified atom stereocenters. The van der Waals surface area contributed by atoms with Crippen LogP contribution >= 0.6 is 0 Å². The molecule has 0 aliphatic rings. The van der Waals surface area contributed by atoms with Crippen LogP contribution in [0.1, 0.15) is 57.4 Å². The smallest absolute Gasteiger partial charge is 0.126 e. The molecule has 0 radical (unpaired) electrons. The van der Waals surface area contributed by atoms with Crippen LogP contribution < -0.4 is 9.47 Å².